The number of hydrogen-bond donors (Lipinski definition) is 0. The van der Waals surface area contributed by atoms with E-state index in [0.29, 0.717) is 6.42 Å². The molecular formula is C12H14O8S. The van der Waals surface area contributed by atoms with Crippen LogP contribution in [0.15, 0.2) is 12.7 Å². The summed E-state index contributed by atoms with van der Waals surface area (Å²) >= 11 is 0. The van der Waals surface area contributed by atoms with Crippen LogP contribution in [0.25, 0.3) is 0 Å². The van der Waals surface area contributed by atoms with Gasteiger partial charge in [-0.25, -0.2) is 9.59 Å². The second-order valence-electron chi connectivity index (χ2n) is 5.41. The van der Waals surface area contributed by atoms with Crippen molar-refractivity contribution in [1.29, 1.82) is 0 Å². The Labute approximate surface area is 121 Å². The summed E-state index contributed by atoms with van der Waals surface area (Å²) in [5.74, 6) is -1.61. The monoisotopic (exact) mass is 318 g/mol. The van der Waals surface area contributed by atoms with Gasteiger partial charge in [0.05, 0.1) is 0 Å². The molecule has 3 saturated heterocycles. The maximum absolute atomic E-state index is 11.9. The molecule has 9 heteroatoms. The lowest BCUT2D eigenvalue weighted by molar-refractivity contribution is -0.165. The molecule has 5 unspecified atom stereocenters. The third kappa shape index (κ3) is 2.16. The minimum Gasteiger partial charge on any atom is -0.455 e. The highest BCUT2D eigenvalue weighted by atomic mass is 32.2. The third-order valence-corrected chi connectivity index (χ3v) is 5.65. The largest absolute Gasteiger partial charge is 0.455 e. The van der Waals surface area contributed by atoms with Gasteiger partial charge in [-0.3, -0.25) is 4.18 Å². The smallest absolute Gasteiger partial charge is 0.344 e. The van der Waals surface area contributed by atoms with Crippen LogP contribution in [0.2, 0.25) is 0 Å². The molecule has 3 aliphatic heterocycles. The van der Waals surface area contributed by atoms with E-state index in [9.17, 15) is 18.0 Å². The second kappa shape index (κ2) is 4.52. The molecule has 116 valence electrons. The molecule has 0 spiro atoms. The molecule has 2 bridgehead atoms. The third-order valence-electron chi connectivity index (χ3n) is 3.95. The van der Waals surface area contributed by atoms with E-state index in [1.807, 2.05) is 0 Å². The molecule has 0 aromatic carbocycles. The highest BCUT2D eigenvalue weighted by Gasteiger charge is 2.72. The van der Waals surface area contributed by atoms with Crippen LogP contribution in [0.5, 0.6) is 0 Å². The fourth-order valence-corrected chi connectivity index (χ4v) is 4.99. The van der Waals surface area contributed by atoms with Gasteiger partial charge in [0.1, 0.15) is 17.8 Å². The van der Waals surface area contributed by atoms with E-state index < -0.39 is 57.8 Å². The van der Waals surface area contributed by atoms with Crippen molar-refractivity contribution in [2.75, 3.05) is 6.61 Å². The molecule has 0 amide bonds. The number of carbonyl (C=O) groups is 2. The number of carbonyl (C=O) groups excluding carboxylic acids is 2. The van der Waals surface area contributed by atoms with E-state index in [-0.39, 0.29) is 0 Å². The molecular weight excluding hydrogens is 304 g/mol. The van der Waals surface area contributed by atoms with Crippen molar-refractivity contribution in [2.24, 2.45) is 0 Å². The standard InChI is InChI=1S/C12H14O8S/c1-3-7(13)17-5-8(14)18-11-10-9-6(20-21(10,15)16)4-12(11,2)19-9/h3,6,9-11H,1,4-5H2,2H3. The minimum absolute atomic E-state index is 0.331. The summed E-state index contributed by atoms with van der Waals surface area (Å²) in [5.41, 5.74) is -0.901. The molecule has 3 heterocycles. The van der Waals surface area contributed by atoms with Crippen molar-refractivity contribution in [2.45, 2.75) is 42.5 Å². The summed E-state index contributed by atoms with van der Waals surface area (Å²) < 4.78 is 44.2. The molecule has 0 saturated carbocycles. The van der Waals surface area contributed by atoms with Gasteiger partial charge in [-0.1, -0.05) is 6.58 Å². The van der Waals surface area contributed by atoms with E-state index in [1.54, 1.807) is 6.92 Å². The van der Waals surface area contributed by atoms with Gasteiger partial charge in [0.2, 0.25) is 0 Å². The maximum atomic E-state index is 11.9. The Morgan fingerprint density at radius 3 is 2.86 bits per heavy atom. The maximum Gasteiger partial charge on any atom is 0.344 e. The van der Waals surface area contributed by atoms with Crippen LogP contribution in [-0.2, 0) is 38.1 Å². The normalized spacial score (nSPS) is 41.8. The van der Waals surface area contributed by atoms with Crippen LogP contribution in [0, 0.1) is 0 Å². The SMILES string of the molecule is C=CC(=O)OCC(=O)OC1C2C3OC1(C)CC3OS2(=O)=O. The number of esters is 2. The topological polar surface area (TPSA) is 105 Å². The van der Waals surface area contributed by atoms with Gasteiger partial charge < -0.3 is 14.2 Å². The van der Waals surface area contributed by atoms with Crippen molar-refractivity contribution >= 4 is 22.1 Å². The second-order valence-corrected chi connectivity index (χ2v) is 7.14. The molecule has 0 radical (unpaired) electrons. The fraction of sp³-hybridized carbons (Fsp3) is 0.667. The molecule has 3 rings (SSSR count). The molecule has 3 fully saturated rings. The van der Waals surface area contributed by atoms with Gasteiger partial charge in [0, 0.05) is 12.5 Å². The highest BCUT2D eigenvalue weighted by Crippen LogP contribution is 2.53. The van der Waals surface area contributed by atoms with E-state index in [4.69, 9.17) is 13.7 Å². The molecule has 0 aliphatic carbocycles. The summed E-state index contributed by atoms with van der Waals surface area (Å²) in [6.07, 6.45) is -0.861. The quantitative estimate of drug-likeness (QED) is 0.380. The Morgan fingerprint density at radius 2 is 2.19 bits per heavy atom. The average Bonchev–Trinajstić information content (AvgIpc) is 2.91. The first-order valence-electron chi connectivity index (χ1n) is 6.35. The van der Waals surface area contributed by atoms with Crippen LogP contribution in [0.3, 0.4) is 0 Å². The van der Waals surface area contributed by atoms with E-state index in [2.05, 4.69) is 11.3 Å². The van der Waals surface area contributed by atoms with Crippen molar-refractivity contribution < 1.29 is 36.4 Å². The molecule has 3 aliphatic rings. The van der Waals surface area contributed by atoms with Crippen molar-refractivity contribution in [3.8, 4) is 0 Å². The molecule has 5 atom stereocenters. The Kier molecular flexibility index (Phi) is 3.12. The summed E-state index contributed by atoms with van der Waals surface area (Å²) in [7, 11) is -3.83. The summed E-state index contributed by atoms with van der Waals surface area (Å²) in [6.45, 7) is 4.26. The Balaban J connectivity index is 1.72. The summed E-state index contributed by atoms with van der Waals surface area (Å²) in [4.78, 5) is 22.6. The van der Waals surface area contributed by atoms with Gasteiger partial charge in [-0.15, -0.1) is 0 Å². The van der Waals surface area contributed by atoms with Gasteiger partial charge >= 0.3 is 11.9 Å². The summed E-state index contributed by atoms with van der Waals surface area (Å²) in [5, 5.41) is -1.03. The first-order valence-corrected chi connectivity index (χ1v) is 7.82. The molecule has 0 aromatic rings. The Bertz CT molecular complexity index is 607. The zero-order valence-electron chi connectivity index (χ0n) is 11.2. The molecule has 21 heavy (non-hydrogen) atoms. The van der Waals surface area contributed by atoms with E-state index >= 15 is 0 Å². The predicted octanol–water partition coefficient (Wildman–Crippen LogP) is -0.714. The molecule has 0 aromatic heterocycles. The van der Waals surface area contributed by atoms with E-state index in [0.717, 1.165) is 6.08 Å². The lowest BCUT2D eigenvalue weighted by Gasteiger charge is -2.29. The van der Waals surface area contributed by atoms with Crippen LogP contribution < -0.4 is 0 Å². The van der Waals surface area contributed by atoms with E-state index in [1.165, 1.54) is 0 Å². The van der Waals surface area contributed by atoms with Crippen LogP contribution in [-0.4, -0.2) is 56.1 Å². The van der Waals surface area contributed by atoms with Crippen molar-refractivity contribution in [3.05, 3.63) is 12.7 Å². The zero-order chi connectivity index (χ0) is 15.4. The first kappa shape index (κ1) is 14.5. The van der Waals surface area contributed by atoms with Gasteiger partial charge in [-0.05, 0) is 6.92 Å². The number of ether oxygens (including phenoxy) is 3. The lowest BCUT2D eigenvalue weighted by Crippen LogP contribution is -2.49. The Morgan fingerprint density at radius 1 is 1.48 bits per heavy atom. The molecule has 8 nitrogen and oxygen atoms in total. The first-order chi connectivity index (χ1) is 9.77. The molecule has 0 N–H and O–H groups in total. The van der Waals surface area contributed by atoms with Crippen LogP contribution in [0.1, 0.15) is 13.3 Å². The summed E-state index contributed by atoms with van der Waals surface area (Å²) in [6, 6.07) is 0. The highest BCUT2D eigenvalue weighted by molar-refractivity contribution is 7.87. The van der Waals surface area contributed by atoms with Gasteiger partial charge in [-0.2, -0.15) is 8.42 Å². The average molecular weight is 318 g/mol. The number of fused-ring (bicyclic) bond motifs is 1. The zero-order valence-corrected chi connectivity index (χ0v) is 12.0. The van der Waals surface area contributed by atoms with Gasteiger partial charge in [0.15, 0.2) is 18.0 Å². The van der Waals surface area contributed by atoms with Crippen molar-refractivity contribution in [1.82, 2.24) is 0 Å². The predicted molar refractivity (Wildman–Crippen MR) is 66.5 cm³/mol. The lowest BCUT2D eigenvalue weighted by atomic mass is 9.85. The Hall–Kier alpha value is -1.45. The minimum atomic E-state index is -3.83. The fourth-order valence-electron chi connectivity index (χ4n) is 3.13. The number of hydrogen-bond acceptors (Lipinski definition) is 8. The number of rotatable bonds is 4. The van der Waals surface area contributed by atoms with Crippen LogP contribution >= 0.6 is 0 Å². The van der Waals surface area contributed by atoms with Crippen molar-refractivity contribution in [3.63, 3.8) is 0 Å². The van der Waals surface area contributed by atoms with Crippen LogP contribution in [0.4, 0.5) is 0 Å². The van der Waals surface area contributed by atoms with Gasteiger partial charge in [0.25, 0.3) is 10.1 Å².